The zero-order valence-corrected chi connectivity index (χ0v) is 27.9. The number of hydrogen-bond donors (Lipinski definition) is 4. The molecular weight excluding hydrogens is 632 g/mol. The monoisotopic (exact) mass is 676 g/mol. The van der Waals surface area contributed by atoms with Crippen LogP contribution in [0, 0.1) is 17.2 Å². The number of amides is 4. The SMILES string of the molecule is CC(C)(O)c1cnnn1[C@H]1C[C@@H](C(=O)NC2(C(=O)C(N)=O)CCOCC2)N(C(=O)C(CC2CCCCC2)NC(=O)c2ccc(C#N)cc2)C1. The average molecular weight is 677 g/mol. The Hall–Kier alpha value is -4.68. The molecule has 3 aliphatic rings. The van der Waals surface area contributed by atoms with Gasteiger partial charge in [-0.15, -0.1) is 5.10 Å². The molecule has 262 valence electrons. The molecule has 1 aliphatic carbocycles. The lowest BCUT2D eigenvalue weighted by Gasteiger charge is -2.37. The summed E-state index contributed by atoms with van der Waals surface area (Å²) in [4.78, 5) is 68.9. The van der Waals surface area contributed by atoms with Crippen molar-refractivity contribution in [1.82, 2.24) is 30.5 Å². The molecule has 2 saturated heterocycles. The first kappa shape index (κ1) is 35.6. The van der Waals surface area contributed by atoms with Gasteiger partial charge in [0.1, 0.15) is 23.2 Å². The summed E-state index contributed by atoms with van der Waals surface area (Å²) in [5.74, 6) is -3.60. The molecule has 3 fully saturated rings. The minimum absolute atomic E-state index is 0.00284. The van der Waals surface area contributed by atoms with Crippen LogP contribution in [0.3, 0.4) is 0 Å². The predicted octanol–water partition coefficient (Wildman–Crippen LogP) is 1.01. The number of carbonyl (C=O) groups excluding carboxylic acids is 5. The van der Waals surface area contributed by atoms with Gasteiger partial charge in [-0.25, -0.2) is 4.68 Å². The number of benzene rings is 1. The average Bonchev–Trinajstić information content (AvgIpc) is 3.77. The van der Waals surface area contributed by atoms with Gasteiger partial charge in [0.15, 0.2) is 0 Å². The van der Waals surface area contributed by atoms with E-state index in [9.17, 15) is 34.3 Å². The van der Waals surface area contributed by atoms with E-state index >= 15 is 0 Å². The van der Waals surface area contributed by atoms with Gasteiger partial charge < -0.3 is 31.1 Å². The standard InChI is InChI=1S/C34H44N8O7/c1-33(2,48)27-19-37-40-42(27)24-17-26(31(46)39-34(28(43)29(36)44)12-14-49-15-13-34)41(20-24)32(47)25(16-21-6-4-3-5-7-21)38-30(45)23-10-8-22(18-35)9-11-23/h8-11,19,21,24-26,48H,3-7,12-17,20H2,1-2H3,(H2,36,44)(H,38,45)(H,39,46)/t24-,25?,26-/m0/s1. The van der Waals surface area contributed by atoms with Gasteiger partial charge in [0.05, 0.1) is 29.6 Å². The topological polar surface area (TPSA) is 223 Å². The molecule has 4 amide bonds. The molecule has 0 spiro atoms. The lowest BCUT2D eigenvalue weighted by molar-refractivity contribution is -0.147. The quantitative estimate of drug-likeness (QED) is 0.247. The number of carbonyl (C=O) groups is 5. The number of primary amides is 1. The van der Waals surface area contributed by atoms with Crippen molar-refractivity contribution in [3.05, 3.63) is 47.3 Å². The maximum atomic E-state index is 14.6. The maximum Gasteiger partial charge on any atom is 0.287 e. The molecule has 49 heavy (non-hydrogen) atoms. The van der Waals surface area contributed by atoms with Gasteiger partial charge >= 0.3 is 0 Å². The van der Waals surface area contributed by atoms with E-state index in [4.69, 9.17) is 10.5 Å². The normalized spacial score (nSPS) is 21.7. The Bertz CT molecular complexity index is 1600. The molecule has 0 bridgehead atoms. The minimum atomic E-state index is -1.59. The Labute approximate surface area is 284 Å². The van der Waals surface area contributed by atoms with Crippen LogP contribution in [-0.2, 0) is 29.5 Å². The first-order valence-corrected chi connectivity index (χ1v) is 16.8. The fourth-order valence-corrected chi connectivity index (χ4v) is 7.23. The lowest BCUT2D eigenvalue weighted by Crippen LogP contribution is -2.64. The predicted molar refractivity (Wildman–Crippen MR) is 173 cm³/mol. The smallest absolute Gasteiger partial charge is 0.287 e. The highest BCUT2D eigenvalue weighted by molar-refractivity contribution is 6.39. The van der Waals surface area contributed by atoms with Crippen molar-refractivity contribution in [1.29, 1.82) is 5.26 Å². The third kappa shape index (κ3) is 7.97. The molecule has 2 aromatic rings. The molecule has 1 aromatic carbocycles. The summed E-state index contributed by atoms with van der Waals surface area (Å²) in [5.41, 5.74) is 3.51. The summed E-state index contributed by atoms with van der Waals surface area (Å²) >= 11 is 0. The van der Waals surface area contributed by atoms with E-state index in [2.05, 4.69) is 20.9 Å². The summed E-state index contributed by atoms with van der Waals surface area (Å²) in [7, 11) is 0. The fraction of sp³-hybridized carbons (Fsp3) is 0.588. The van der Waals surface area contributed by atoms with Gasteiger partial charge in [-0.05, 0) is 50.5 Å². The third-order valence-electron chi connectivity index (χ3n) is 9.95. The summed E-state index contributed by atoms with van der Waals surface area (Å²) < 4.78 is 6.90. The van der Waals surface area contributed by atoms with Crippen LogP contribution < -0.4 is 16.4 Å². The number of aliphatic hydroxyl groups is 1. The highest BCUT2D eigenvalue weighted by Gasteiger charge is 2.49. The van der Waals surface area contributed by atoms with Gasteiger partial charge in [-0.2, -0.15) is 5.26 Å². The number of nitrogens with two attached hydrogens (primary N) is 1. The Morgan fingerprint density at radius 1 is 1.12 bits per heavy atom. The highest BCUT2D eigenvalue weighted by atomic mass is 16.5. The molecular formula is C34H44N8O7. The van der Waals surface area contributed by atoms with Gasteiger partial charge in [-0.3, -0.25) is 24.0 Å². The van der Waals surface area contributed by atoms with E-state index in [1.54, 1.807) is 13.8 Å². The molecule has 1 saturated carbocycles. The third-order valence-corrected chi connectivity index (χ3v) is 9.95. The van der Waals surface area contributed by atoms with Crippen molar-refractivity contribution in [3.63, 3.8) is 0 Å². The first-order chi connectivity index (χ1) is 23.3. The molecule has 3 heterocycles. The van der Waals surface area contributed by atoms with Gasteiger partial charge in [0, 0.05) is 44.6 Å². The summed E-state index contributed by atoms with van der Waals surface area (Å²) in [6.45, 7) is 3.39. The number of Topliss-reactive ketones (excluding diaryl/α,β-unsaturated/α-hetero) is 1. The number of ether oxygens (including phenoxy) is 1. The van der Waals surface area contributed by atoms with Crippen molar-refractivity contribution >= 4 is 29.4 Å². The summed E-state index contributed by atoms with van der Waals surface area (Å²) in [5, 5.41) is 33.9. The second-order valence-electron chi connectivity index (χ2n) is 13.9. The van der Waals surface area contributed by atoms with Crippen molar-refractivity contribution in [3.8, 4) is 6.07 Å². The Balaban J connectivity index is 1.48. The second-order valence-corrected chi connectivity index (χ2v) is 13.9. The van der Waals surface area contributed by atoms with Crippen LogP contribution in [0.2, 0.25) is 0 Å². The number of aromatic nitrogens is 3. The number of nitrogens with one attached hydrogen (secondary N) is 2. The zero-order chi connectivity index (χ0) is 35.3. The number of hydrogen-bond acceptors (Lipinski definition) is 10. The van der Waals surface area contributed by atoms with Gasteiger partial charge in [0.25, 0.3) is 11.8 Å². The Morgan fingerprint density at radius 2 is 1.80 bits per heavy atom. The minimum Gasteiger partial charge on any atom is -0.384 e. The van der Waals surface area contributed by atoms with E-state index in [0.29, 0.717) is 17.7 Å². The van der Waals surface area contributed by atoms with Crippen molar-refractivity contribution in [2.75, 3.05) is 19.8 Å². The maximum absolute atomic E-state index is 14.6. The van der Waals surface area contributed by atoms with Crippen molar-refractivity contribution in [2.24, 2.45) is 11.7 Å². The van der Waals surface area contributed by atoms with E-state index in [1.165, 1.54) is 40.0 Å². The number of nitrogens with zero attached hydrogens (tertiary/aromatic N) is 5. The van der Waals surface area contributed by atoms with Crippen LogP contribution in [-0.4, -0.2) is 91.8 Å². The Kier molecular flexibility index (Phi) is 10.8. The lowest BCUT2D eigenvalue weighted by atomic mass is 9.84. The van der Waals surface area contributed by atoms with Gasteiger partial charge in [-0.1, -0.05) is 37.3 Å². The molecule has 2 aliphatic heterocycles. The molecule has 15 heteroatoms. The second kappa shape index (κ2) is 14.8. The van der Waals surface area contributed by atoms with Crippen LogP contribution in [0.25, 0.3) is 0 Å². The molecule has 0 radical (unpaired) electrons. The number of nitriles is 1. The van der Waals surface area contributed by atoms with Crippen LogP contribution in [0.15, 0.2) is 30.5 Å². The van der Waals surface area contributed by atoms with Crippen LogP contribution in [0.5, 0.6) is 0 Å². The molecule has 15 nitrogen and oxygen atoms in total. The summed E-state index contributed by atoms with van der Waals surface area (Å²) in [6, 6.07) is 5.39. The first-order valence-electron chi connectivity index (χ1n) is 16.8. The molecule has 3 atom stereocenters. The zero-order valence-electron chi connectivity index (χ0n) is 27.9. The van der Waals surface area contributed by atoms with Crippen molar-refractivity contribution < 1.29 is 33.8 Å². The van der Waals surface area contributed by atoms with E-state index < -0.39 is 58.7 Å². The van der Waals surface area contributed by atoms with Gasteiger partial charge in [0.2, 0.25) is 17.6 Å². The van der Waals surface area contributed by atoms with Crippen LogP contribution in [0.1, 0.15) is 99.3 Å². The number of ketones is 1. The van der Waals surface area contributed by atoms with Crippen LogP contribution in [0.4, 0.5) is 0 Å². The Morgan fingerprint density at radius 3 is 2.41 bits per heavy atom. The molecule has 5 N–H and O–H groups in total. The van der Waals surface area contributed by atoms with E-state index in [-0.39, 0.29) is 50.5 Å². The molecule has 1 aromatic heterocycles. The fourth-order valence-electron chi connectivity index (χ4n) is 7.23. The highest BCUT2D eigenvalue weighted by Crippen LogP contribution is 2.34. The molecule has 1 unspecified atom stereocenters. The largest absolute Gasteiger partial charge is 0.384 e. The molecule has 5 rings (SSSR count). The number of rotatable bonds is 11. The van der Waals surface area contributed by atoms with Crippen LogP contribution >= 0.6 is 0 Å². The van der Waals surface area contributed by atoms with Crippen molar-refractivity contribution in [2.45, 2.75) is 101 Å². The van der Waals surface area contributed by atoms with E-state index in [1.807, 2.05) is 6.07 Å². The van der Waals surface area contributed by atoms with E-state index in [0.717, 1.165) is 32.1 Å². The summed E-state index contributed by atoms with van der Waals surface area (Å²) in [6.07, 6.45) is 6.82. The number of likely N-dealkylation sites (tertiary alicyclic amines) is 1.